The van der Waals surface area contributed by atoms with Gasteiger partial charge in [0.05, 0.1) is 5.69 Å². The molecule has 1 aliphatic rings. The summed E-state index contributed by atoms with van der Waals surface area (Å²) < 4.78 is 0. The van der Waals surface area contributed by atoms with Gasteiger partial charge < -0.3 is 15.1 Å². The summed E-state index contributed by atoms with van der Waals surface area (Å²) in [6, 6.07) is 4.37. The SMILES string of the molecule is CCNCc1cc(N2CCC(CN(C)C)CC2)ccn1. The first kappa shape index (κ1) is 15.3. The van der Waals surface area contributed by atoms with Gasteiger partial charge >= 0.3 is 0 Å². The van der Waals surface area contributed by atoms with Crippen molar-refractivity contribution in [3.05, 3.63) is 24.0 Å². The molecule has 0 atom stereocenters. The second-order valence-corrected chi connectivity index (χ2v) is 5.98. The Balaban J connectivity index is 1.89. The molecule has 0 spiro atoms. The van der Waals surface area contributed by atoms with Gasteiger partial charge in [0, 0.05) is 38.1 Å². The number of pyridine rings is 1. The normalized spacial score (nSPS) is 16.9. The van der Waals surface area contributed by atoms with E-state index in [1.165, 1.54) is 38.2 Å². The van der Waals surface area contributed by atoms with Gasteiger partial charge in [-0.25, -0.2) is 0 Å². The average Bonchev–Trinajstić information content (AvgIpc) is 2.45. The molecule has 4 nitrogen and oxygen atoms in total. The Bertz CT molecular complexity index is 397. The molecule has 2 heterocycles. The van der Waals surface area contributed by atoms with E-state index in [-0.39, 0.29) is 0 Å². The van der Waals surface area contributed by atoms with Crippen LogP contribution in [-0.2, 0) is 6.54 Å². The summed E-state index contributed by atoms with van der Waals surface area (Å²) in [6.07, 6.45) is 4.53. The summed E-state index contributed by atoms with van der Waals surface area (Å²) in [5.74, 6) is 0.851. The highest BCUT2D eigenvalue weighted by Gasteiger charge is 2.20. The molecule has 1 saturated heterocycles. The quantitative estimate of drug-likeness (QED) is 0.861. The van der Waals surface area contributed by atoms with Gasteiger partial charge in [-0.15, -0.1) is 0 Å². The second-order valence-electron chi connectivity index (χ2n) is 5.98. The molecule has 1 aliphatic heterocycles. The molecule has 1 fully saturated rings. The molecule has 1 N–H and O–H groups in total. The summed E-state index contributed by atoms with van der Waals surface area (Å²) in [5.41, 5.74) is 2.47. The Morgan fingerprint density at radius 3 is 2.75 bits per heavy atom. The smallest absolute Gasteiger partial charge is 0.0562 e. The minimum absolute atomic E-state index is 0.851. The molecular weight excluding hydrogens is 248 g/mol. The highest BCUT2D eigenvalue weighted by atomic mass is 15.1. The molecule has 2 rings (SSSR count). The van der Waals surface area contributed by atoms with Gasteiger partial charge in [-0.1, -0.05) is 6.92 Å². The van der Waals surface area contributed by atoms with Crippen LogP contribution in [0.25, 0.3) is 0 Å². The maximum absolute atomic E-state index is 4.43. The minimum Gasteiger partial charge on any atom is -0.371 e. The van der Waals surface area contributed by atoms with Gasteiger partial charge in [-0.2, -0.15) is 0 Å². The largest absolute Gasteiger partial charge is 0.371 e. The molecule has 0 bridgehead atoms. The summed E-state index contributed by atoms with van der Waals surface area (Å²) >= 11 is 0. The number of hydrogen-bond donors (Lipinski definition) is 1. The number of nitrogens with one attached hydrogen (secondary N) is 1. The molecule has 0 radical (unpaired) electrons. The van der Waals surface area contributed by atoms with E-state index < -0.39 is 0 Å². The highest BCUT2D eigenvalue weighted by molar-refractivity contribution is 5.46. The zero-order valence-corrected chi connectivity index (χ0v) is 13.1. The molecule has 0 aromatic carbocycles. The van der Waals surface area contributed by atoms with Gasteiger partial charge in [0.15, 0.2) is 0 Å². The molecule has 4 heteroatoms. The maximum Gasteiger partial charge on any atom is 0.0562 e. The van der Waals surface area contributed by atoms with Crippen LogP contribution in [-0.4, -0.2) is 50.2 Å². The molecular formula is C16H28N4. The monoisotopic (exact) mass is 276 g/mol. The number of nitrogens with zero attached hydrogens (tertiary/aromatic N) is 3. The molecule has 112 valence electrons. The number of aromatic nitrogens is 1. The number of anilines is 1. The molecule has 0 unspecified atom stereocenters. The molecule has 0 aliphatic carbocycles. The van der Waals surface area contributed by atoms with Crippen molar-refractivity contribution < 1.29 is 0 Å². The van der Waals surface area contributed by atoms with Crippen LogP contribution >= 0.6 is 0 Å². The van der Waals surface area contributed by atoms with Crippen molar-refractivity contribution >= 4 is 5.69 Å². The lowest BCUT2D eigenvalue weighted by Gasteiger charge is -2.34. The van der Waals surface area contributed by atoms with E-state index in [4.69, 9.17) is 0 Å². The van der Waals surface area contributed by atoms with Gasteiger partial charge in [0.2, 0.25) is 0 Å². The van der Waals surface area contributed by atoms with E-state index in [1.807, 2.05) is 6.20 Å². The third-order valence-corrected chi connectivity index (χ3v) is 3.96. The molecule has 0 saturated carbocycles. The number of piperidine rings is 1. The van der Waals surface area contributed by atoms with Crippen LogP contribution in [0.3, 0.4) is 0 Å². The predicted octanol–water partition coefficient (Wildman–Crippen LogP) is 1.97. The maximum atomic E-state index is 4.43. The van der Waals surface area contributed by atoms with Gasteiger partial charge in [-0.05, 0) is 51.5 Å². The topological polar surface area (TPSA) is 31.4 Å². The average molecular weight is 276 g/mol. The van der Waals surface area contributed by atoms with Crippen molar-refractivity contribution in [1.82, 2.24) is 15.2 Å². The van der Waals surface area contributed by atoms with Crippen molar-refractivity contribution in [2.24, 2.45) is 5.92 Å². The third kappa shape index (κ3) is 4.46. The van der Waals surface area contributed by atoms with Crippen LogP contribution in [0.15, 0.2) is 18.3 Å². The van der Waals surface area contributed by atoms with Crippen molar-refractivity contribution in [2.75, 3.05) is 45.2 Å². The summed E-state index contributed by atoms with van der Waals surface area (Å²) in [7, 11) is 4.34. The van der Waals surface area contributed by atoms with Crippen LogP contribution < -0.4 is 10.2 Å². The van der Waals surface area contributed by atoms with Crippen molar-refractivity contribution in [1.29, 1.82) is 0 Å². The lowest BCUT2D eigenvalue weighted by atomic mass is 9.96. The van der Waals surface area contributed by atoms with E-state index >= 15 is 0 Å². The van der Waals surface area contributed by atoms with E-state index in [9.17, 15) is 0 Å². The fourth-order valence-electron chi connectivity index (χ4n) is 2.90. The number of rotatable bonds is 6. The van der Waals surface area contributed by atoms with Crippen molar-refractivity contribution in [3.8, 4) is 0 Å². The Morgan fingerprint density at radius 1 is 1.35 bits per heavy atom. The first-order valence-electron chi connectivity index (χ1n) is 7.74. The standard InChI is InChI=1S/C16H28N4/c1-4-17-12-15-11-16(5-8-18-15)20-9-6-14(7-10-20)13-19(2)3/h5,8,11,14,17H,4,6-7,9-10,12-13H2,1-3H3. The first-order valence-corrected chi connectivity index (χ1v) is 7.74. The van der Waals surface area contributed by atoms with Crippen molar-refractivity contribution in [2.45, 2.75) is 26.3 Å². The fraction of sp³-hybridized carbons (Fsp3) is 0.688. The molecule has 1 aromatic heterocycles. The zero-order chi connectivity index (χ0) is 14.4. The summed E-state index contributed by atoms with van der Waals surface area (Å²) in [6.45, 7) is 7.53. The van der Waals surface area contributed by atoms with Crippen LogP contribution in [0.5, 0.6) is 0 Å². The molecule has 0 amide bonds. The van der Waals surface area contributed by atoms with E-state index in [0.717, 1.165) is 24.7 Å². The van der Waals surface area contributed by atoms with Crippen molar-refractivity contribution in [3.63, 3.8) is 0 Å². The Kier molecular flexibility index (Phi) is 5.80. The molecule has 20 heavy (non-hydrogen) atoms. The van der Waals surface area contributed by atoms with E-state index in [0.29, 0.717) is 0 Å². The Morgan fingerprint density at radius 2 is 2.10 bits per heavy atom. The summed E-state index contributed by atoms with van der Waals surface area (Å²) in [4.78, 5) is 9.24. The highest BCUT2D eigenvalue weighted by Crippen LogP contribution is 2.23. The summed E-state index contributed by atoms with van der Waals surface area (Å²) in [5, 5.41) is 3.34. The Hall–Kier alpha value is -1.13. The Labute approximate surface area is 123 Å². The lowest BCUT2D eigenvalue weighted by molar-refractivity contribution is 0.285. The van der Waals surface area contributed by atoms with Crippen LogP contribution in [0.2, 0.25) is 0 Å². The molecule has 1 aromatic rings. The minimum atomic E-state index is 0.851. The van der Waals surface area contributed by atoms with Gasteiger partial charge in [0.1, 0.15) is 0 Å². The zero-order valence-electron chi connectivity index (χ0n) is 13.1. The van der Waals surface area contributed by atoms with Crippen LogP contribution in [0.4, 0.5) is 5.69 Å². The predicted molar refractivity (Wildman–Crippen MR) is 85.1 cm³/mol. The van der Waals surface area contributed by atoms with E-state index in [1.54, 1.807) is 0 Å². The fourth-order valence-corrected chi connectivity index (χ4v) is 2.90. The van der Waals surface area contributed by atoms with Crippen LogP contribution in [0, 0.1) is 5.92 Å². The van der Waals surface area contributed by atoms with Gasteiger partial charge in [0.25, 0.3) is 0 Å². The van der Waals surface area contributed by atoms with Crippen LogP contribution in [0.1, 0.15) is 25.5 Å². The third-order valence-electron chi connectivity index (χ3n) is 3.96. The van der Waals surface area contributed by atoms with Gasteiger partial charge in [-0.3, -0.25) is 4.98 Å². The lowest BCUT2D eigenvalue weighted by Crippen LogP contribution is -2.37. The second kappa shape index (κ2) is 7.60. The number of hydrogen-bond acceptors (Lipinski definition) is 4. The first-order chi connectivity index (χ1) is 9.69. The van der Waals surface area contributed by atoms with E-state index in [2.05, 4.69) is 53.3 Å².